The van der Waals surface area contributed by atoms with Crippen LogP contribution in [0.15, 0.2) is 71.5 Å². The van der Waals surface area contributed by atoms with Gasteiger partial charge in [0.1, 0.15) is 0 Å². The number of ether oxygens (including phenoxy) is 1. The van der Waals surface area contributed by atoms with Gasteiger partial charge in [-0.2, -0.15) is 9.78 Å². The number of nitrogens with zero attached hydrogens (tertiary/aromatic N) is 4. The predicted molar refractivity (Wildman–Crippen MR) is 120 cm³/mol. The van der Waals surface area contributed by atoms with Crippen molar-refractivity contribution in [1.29, 1.82) is 0 Å². The van der Waals surface area contributed by atoms with Gasteiger partial charge in [0.15, 0.2) is 5.69 Å². The molecule has 0 amide bonds. The molecular weight excluding hydrogens is 392 g/mol. The molecule has 0 atom stereocenters. The Bertz CT molecular complexity index is 1070. The number of rotatable bonds is 6. The van der Waals surface area contributed by atoms with Crippen LogP contribution in [0.25, 0.3) is 5.69 Å². The lowest BCUT2D eigenvalue weighted by Crippen LogP contribution is -2.47. The van der Waals surface area contributed by atoms with Crippen LogP contribution < -0.4 is 10.5 Å². The number of hydrogen-bond donors (Lipinski definition) is 0. The van der Waals surface area contributed by atoms with Gasteiger partial charge in [-0.15, -0.1) is 0 Å². The van der Waals surface area contributed by atoms with Crippen LogP contribution in [-0.2, 0) is 11.3 Å². The molecule has 31 heavy (non-hydrogen) atoms. The molecule has 1 saturated heterocycles. The smallest absolute Gasteiger partial charge is 0.360 e. The third-order valence-corrected chi connectivity index (χ3v) is 5.34. The number of aromatic nitrogens is 2. The molecule has 1 fully saturated rings. The molecule has 4 rings (SSSR count). The lowest BCUT2D eigenvalue weighted by molar-refractivity contribution is 0.0517. The summed E-state index contributed by atoms with van der Waals surface area (Å²) in [5, 5.41) is 4.40. The summed E-state index contributed by atoms with van der Waals surface area (Å²) in [5.41, 5.74) is 2.31. The maximum atomic E-state index is 12.8. The summed E-state index contributed by atoms with van der Waals surface area (Å²) < 4.78 is 6.49. The second-order valence-electron chi connectivity index (χ2n) is 7.43. The van der Waals surface area contributed by atoms with Gasteiger partial charge in [0.2, 0.25) is 0 Å². The van der Waals surface area contributed by atoms with Crippen molar-refractivity contribution in [3.8, 4) is 5.69 Å². The first kappa shape index (κ1) is 20.8. The van der Waals surface area contributed by atoms with E-state index in [1.165, 1.54) is 16.3 Å². The lowest BCUT2D eigenvalue weighted by Gasteiger charge is -2.36. The summed E-state index contributed by atoms with van der Waals surface area (Å²) in [6.45, 7) is 5.96. The van der Waals surface area contributed by atoms with E-state index in [9.17, 15) is 9.59 Å². The molecule has 2 heterocycles. The van der Waals surface area contributed by atoms with Crippen LogP contribution in [0, 0.1) is 0 Å². The summed E-state index contributed by atoms with van der Waals surface area (Å²) in [5.74, 6) is -0.520. The molecule has 3 aromatic rings. The number of benzene rings is 2. The zero-order chi connectivity index (χ0) is 21.6. The van der Waals surface area contributed by atoms with E-state index in [0.717, 1.165) is 19.6 Å². The number of para-hydroxylation sites is 1. The van der Waals surface area contributed by atoms with E-state index < -0.39 is 5.97 Å². The molecule has 0 unspecified atom stereocenters. The molecule has 7 heteroatoms. The van der Waals surface area contributed by atoms with Crippen molar-refractivity contribution in [3.05, 3.63) is 88.3 Å². The molecule has 1 aromatic heterocycles. The first-order valence-corrected chi connectivity index (χ1v) is 10.5. The number of piperazine rings is 1. The molecule has 1 aliphatic rings. The average Bonchev–Trinajstić information content (AvgIpc) is 2.81. The molecule has 0 aliphatic carbocycles. The maximum Gasteiger partial charge on any atom is 0.360 e. The molecule has 160 valence electrons. The first-order chi connectivity index (χ1) is 15.2. The molecular formula is C24H26N4O3. The van der Waals surface area contributed by atoms with E-state index in [1.54, 1.807) is 19.1 Å². The third kappa shape index (κ3) is 4.83. The topological polar surface area (TPSA) is 67.7 Å². The summed E-state index contributed by atoms with van der Waals surface area (Å²) in [6, 6.07) is 20.9. The van der Waals surface area contributed by atoms with Gasteiger partial charge < -0.3 is 9.64 Å². The van der Waals surface area contributed by atoms with Crippen molar-refractivity contribution in [1.82, 2.24) is 14.7 Å². The average molecular weight is 418 g/mol. The Kier molecular flexibility index (Phi) is 6.43. The van der Waals surface area contributed by atoms with Gasteiger partial charge in [-0.25, -0.2) is 4.79 Å². The number of carbonyl (C=O) groups is 1. The minimum atomic E-state index is -0.520. The van der Waals surface area contributed by atoms with Gasteiger partial charge in [0.05, 0.1) is 18.0 Å². The summed E-state index contributed by atoms with van der Waals surface area (Å²) in [4.78, 5) is 29.9. The Hall–Kier alpha value is -3.45. The fourth-order valence-corrected chi connectivity index (χ4v) is 3.78. The van der Waals surface area contributed by atoms with Crippen LogP contribution >= 0.6 is 0 Å². The van der Waals surface area contributed by atoms with Crippen molar-refractivity contribution >= 4 is 11.7 Å². The minimum Gasteiger partial charge on any atom is -0.461 e. The van der Waals surface area contributed by atoms with Gasteiger partial charge in [0.25, 0.3) is 5.56 Å². The molecule has 0 spiro atoms. The first-order valence-electron chi connectivity index (χ1n) is 10.5. The Morgan fingerprint density at radius 2 is 1.61 bits per heavy atom. The second-order valence-corrected chi connectivity index (χ2v) is 7.43. The highest BCUT2D eigenvalue weighted by Gasteiger charge is 2.25. The van der Waals surface area contributed by atoms with Crippen LogP contribution in [0.3, 0.4) is 0 Å². The molecule has 0 radical (unpaired) electrons. The van der Waals surface area contributed by atoms with Crippen molar-refractivity contribution in [2.45, 2.75) is 13.5 Å². The highest BCUT2D eigenvalue weighted by atomic mass is 16.5. The third-order valence-electron chi connectivity index (χ3n) is 5.34. The van der Waals surface area contributed by atoms with E-state index in [0.29, 0.717) is 24.5 Å². The molecule has 0 bridgehead atoms. The van der Waals surface area contributed by atoms with E-state index in [-0.39, 0.29) is 17.9 Å². The highest BCUT2D eigenvalue weighted by Crippen LogP contribution is 2.21. The summed E-state index contributed by atoms with van der Waals surface area (Å²) >= 11 is 0. The van der Waals surface area contributed by atoms with Gasteiger partial charge in [-0.3, -0.25) is 9.69 Å². The monoisotopic (exact) mass is 418 g/mol. The van der Waals surface area contributed by atoms with Gasteiger partial charge >= 0.3 is 5.97 Å². The molecule has 1 aliphatic heterocycles. The highest BCUT2D eigenvalue weighted by molar-refractivity contribution is 5.93. The Balaban J connectivity index is 1.58. The van der Waals surface area contributed by atoms with Crippen molar-refractivity contribution in [2.24, 2.45) is 0 Å². The van der Waals surface area contributed by atoms with Crippen molar-refractivity contribution in [3.63, 3.8) is 0 Å². The maximum absolute atomic E-state index is 12.8. The zero-order valence-corrected chi connectivity index (χ0v) is 17.6. The zero-order valence-electron chi connectivity index (χ0n) is 17.6. The number of esters is 1. The van der Waals surface area contributed by atoms with Crippen LogP contribution in [0.1, 0.15) is 23.0 Å². The van der Waals surface area contributed by atoms with Crippen LogP contribution in [0.4, 0.5) is 5.69 Å². The Labute approximate surface area is 181 Å². The Morgan fingerprint density at radius 3 is 2.26 bits per heavy atom. The fraction of sp³-hybridized carbons (Fsp3) is 0.292. The number of carbonyl (C=O) groups excluding carboxylic acids is 1. The molecule has 7 nitrogen and oxygen atoms in total. The predicted octanol–water partition coefficient (Wildman–Crippen LogP) is 2.73. The van der Waals surface area contributed by atoms with E-state index in [2.05, 4.69) is 27.0 Å². The second kappa shape index (κ2) is 9.57. The van der Waals surface area contributed by atoms with Gasteiger partial charge in [-0.05, 0) is 24.6 Å². The van der Waals surface area contributed by atoms with Crippen molar-refractivity contribution in [2.75, 3.05) is 37.7 Å². The van der Waals surface area contributed by atoms with E-state index >= 15 is 0 Å². The van der Waals surface area contributed by atoms with Crippen molar-refractivity contribution < 1.29 is 9.53 Å². The van der Waals surface area contributed by atoms with Crippen LogP contribution in [0.5, 0.6) is 0 Å². The minimum absolute atomic E-state index is 0.168. The molecule has 0 N–H and O–H groups in total. The largest absolute Gasteiger partial charge is 0.461 e. The lowest BCUT2D eigenvalue weighted by atomic mass is 10.2. The van der Waals surface area contributed by atoms with E-state index in [1.807, 2.05) is 36.4 Å². The normalized spacial score (nSPS) is 14.4. The quantitative estimate of drug-likeness (QED) is 0.574. The summed E-state index contributed by atoms with van der Waals surface area (Å²) in [6.07, 6.45) is 0. The molecule has 2 aromatic carbocycles. The van der Waals surface area contributed by atoms with Crippen LogP contribution in [0.2, 0.25) is 0 Å². The van der Waals surface area contributed by atoms with Gasteiger partial charge in [0, 0.05) is 38.8 Å². The number of hydrogen-bond acceptors (Lipinski definition) is 6. The van der Waals surface area contributed by atoms with E-state index in [4.69, 9.17) is 4.74 Å². The fourth-order valence-electron chi connectivity index (χ4n) is 3.78. The molecule has 0 saturated carbocycles. The summed E-state index contributed by atoms with van der Waals surface area (Å²) in [7, 11) is 0. The SMILES string of the molecule is CCOC(=O)c1nn(-c2ccccc2)c(=O)cc1N1CCN(Cc2ccccc2)CC1. The van der Waals surface area contributed by atoms with Crippen LogP contribution in [-0.4, -0.2) is 53.4 Å². The Morgan fingerprint density at radius 1 is 0.968 bits per heavy atom. The van der Waals surface area contributed by atoms with Gasteiger partial charge in [-0.1, -0.05) is 48.5 Å². The number of anilines is 1. The standard InChI is InChI=1S/C24H26N4O3/c1-2-31-24(30)23-21(17-22(29)28(25-23)20-11-7-4-8-12-20)27-15-13-26(14-16-27)18-19-9-5-3-6-10-19/h3-12,17H,2,13-16,18H2,1H3.